The summed E-state index contributed by atoms with van der Waals surface area (Å²) in [6, 6.07) is 7.99. The van der Waals surface area contributed by atoms with Crippen LogP contribution in [0.5, 0.6) is 0 Å². The van der Waals surface area contributed by atoms with Crippen molar-refractivity contribution in [1.29, 1.82) is 0 Å². The van der Waals surface area contributed by atoms with E-state index < -0.39 is 0 Å². The predicted molar refractivity (Wildman–Crippen MR) is 104 cm³/mol. The molecule has 3 rings (SSSR count). The summed E-state index contributed by atoms with van der Waals surface area (Å²) in [7, 11) is 0. The summed E-state index contributed by atoms with van der Waals surface area (Å²) in [6.07, 6.45) is 1.31. The van der Waals surface area contributed by atoms with Crippen LogP contribution in [0.2, 0.25) is 5.02 Å². The van der Waals surface area contributed by atoms with Crippen LogP contribution in [0.15, 0.2) is 24.3 Å². The van der Waals surface area contributed by atoms with Crippen molar-refractivity contribution in [2.45, 2.75) is 40.3 Å². The fourth-order valence-corrected chi connectivity index (χ4v) is 3.90. The number of aryl methyl sites for hydroxylation is 1. The van der Waals surface area contributed by atoms with Gasteiger partial charge in [0.25, 0.3) is 0 Å². The number of likely N-dealkylation sites (tertiary alicyclic amines) is 1. The molecule has 2 aromatic rings. The fourth-order valence-electron chi connectivity index (χ4n) is 3.70. The van der Waals surface area contributed by atoms with Crippen LogP contribution in [0.4, 0.5) is 0 Å². The van der Waals surface area contributed by atoms with Crippen molar-refractivity contribution in [1.82, 2.24) is 20.0 Å². The molecule has 4 nitrogen and oxygen atoms in total. The van der Waals surface area contributed by atoms with E-state index >= 15 is 0 Å². The summed E-state index contributed by atoms with van der Waals surface area (Å²) in [6.45, 7) is 12.8. The third-order valence-corrected chi connectivity index (χ3v) is 5.73. The zero-order valence-corrected chi connectivity index (χ0v) is 16.3. The zero-order valence-electron chi connectivity index (χ0n) is 15.6. The number of rotatable bonds is 7. The van der Waals surface area contributed by atoms with Crippen LogP contribution in [-0.4, -0.2) is 40.9 Å². The van der Waals surface area contributed by atoms with E-state index in [9.17, 15) is 0 Å². The summed E-state index contributed by atoms with van der Waals surface area (Å²) in [5, 5.41) is 9.19. The molecule has 1 unspecified atom stereocenters. The largest absolute Gasteiger partial charge is 0.312 e. The highest BCUT2D eigenvalue weighted by Crippen LogP contribution is 2.20. The van der Waals surface area contributed by atoms with Crippen LogP contribution >= 0.6 is 11.6 Å². The molecule has 136 valence electrons. The van der Waals surface area contributed by atoms with Gasteiger partial charge < -0.3 is 10.2 Å². The Morgan fingerprint density at radius 3 is 2.80 bits per heavy atom. The predicted octanol–water partition coefficient (Wildman–Crippen LogP) is 3.63. The number of hydrogen-bond donors (Lipinski definition) is 1. The highest BCUT2D eigenvalue weighted by atomic mass is 35.5. The summed E-state index contributed by atoms with van der Waals surface area (Å²) >= 11 is 6.30. The molecule has 25 heavy (non-hydrogen) atoms. The average Bonchev–Trinajstić information content (AvgIpc) is 3.16. The van der Waals surface area contributed by atoms with Crippen LogP contribution < -0.4 is 5.32 Å². The molecule has 1 N–H and O–H groups in total. The Balaban J connectivity index is 1.59. The van der Waals surface area contributed by atoms with Crippen molar-refractivity contribution in [3.05, 3.63) is 51.8 Å². The monoisotopic (exact) mass is 360 g/mol. The molecule has 2 heterocycles. The van der Waals surface area contributed by atoms with Gasteiger partial charge in [0.1, 0.15) is 0 Å². The summed E-state index contributed by atoms with van der Waals surface area (Å²) in [5.74, 6) is 0.777. The molecule has 1 aromatic carbocycles. The molecule has 0 saturated carbocycles. The van der Waals surface area contributed by atoms with Crippen LogP contribution in [0.25, 0.3) is 0 Å². The molecule has 1 aliphatic heterocycles. The Hall–Kier alpha value is -1.36. The molecule has 1 atom stereocenters. The third-order valence-electron chi connectivity index (χ3n) is 5.36. The van der Waals surface area contributed by atoms with E-state index in [0.29, 0.717) is 0 Å². The quantitative estimate of drug-likeness (QED) is 0.818. The Labute approximate surface area is 156 Å². The Bertz CT molecular complexity index is 710. The Morgan fingerprint density at radius 1 is 1.28 bits per heavy atom. The minimum atomic E-state index is 0.723. The van der Waals surface area contributed by atoms with Crippen molar-refractivity contribution in [2.75, 3.05) is 26.2 Å². The van der Waals surface area contributed by atoms with Gasteiger partial charge in [0, 0.05) is 29.4 Å². The maximum Gasteiger partial charge on any atom is 0.0677 e. The molecule has 0 aliphatic carbocycles. The van der Waals surface area contributed by atoms with Crippen molar-refractivity contribution in [3.8, 4) is 0 Å². The van der Waals surface area contributed by atoms with E-state index in [1.165, 1.54) is 37.3 Å². The first-order valence-corrected chi connectivity index (χ1v) is 9.65. The fraction of sp³-hybridized carbons (Fsp3) is 0.550. The zero-order chi connectivity index (χ0) is 17.8. The number of nitrogens with zero attached hydrogens (tertiary/aromatic N) is 3. The summed E-state index contributed by atoms with van der Waals surface area (Å²) in [5.41, 5.74) is 4.77. The SMILES string of the molecule is CCN1CCC(CNCc2c(C)nn(Cc3ccccc3Cl)c2C)C1. The smallest absolute Gasteiger partial charge is 0.0677 e. The van der Waals surface area contributed by atoms with E-state index in [1.807, 2.05) is 18.2 Å². The second-order valence-electron chi connectivity index (χ2n) is 7.08. The number of nitrogens with one attached hydrogen (secondary N) is 1. The molecular weight excluding hydrogens is 332 g/mol. The number of benzene rings is 1. The van der Waals surface area contributed by atoms with E-state index in [2.05, 4.69) is 41.7 Å². The van der Waals surface area contributed by atoms with Gasteiger partial charge in [0.05, 0.1) is 12.2 Å². The normalized spacial score (nSPS) is 18.2. The van der Waals surface area contributed by atoms with Gasteiger partial charge in [-0.2, -0.15) is 5.10 Å². The number of hydrogen-bond acceptors (Lipinski definition) is 3. The first kappa shape index (κ1) is 18.4. The maximum absolute atomic E-state index is 6.30. The van der Waals surface area contributed by atoms with Gasteiger partial charge in [0.2, 0.25) is 0 Å². The lowest BCUT2D eigenvalue weighted by atomic mass is 10.1. The Morgan fingerprint density at radius 2 is 2.08 bits per heavy atom. The topological polar surface area (TPSA) is 33.1 Å². The van der Waals surface area contributed by atoms with Gasteiger partial charge in [-0.15, -0.1) is 0 Å². The lowest BCUT2D eigenvalue weighted by molar-refractivity contribution is 0.339. The van der Waals surface area contributed by atoms with Gasteiger partial charge in [0.15, 0.2) is 0 Å². The lowest BCUT2D eigenvalue weighted by Gasteiger charge is -2.14. The molecular formula is C20H29ClN4. The standard InChI is InChI=1S/C20H29ClN4/c1-4-24-10-9-17(13-24)11-22-12-19-15(2)23-25(16(19)3)14-18-7-5-6-8-20(18)21/h5-8,17,22H,4,9-14H2,1-3H3. The molecule has 0 bridgehead atoms. The molecule has 1 saturated heterocycles. The van der Waals surface area contributed by atoms with Gasteiger partial charge in [-0.3, -0.25) is 4.68 Å². The van der Waals surface area contributed by atoms with Crippen molar-refractivity contribution >= 4 is 11.6 Å². The molecule has 1 aromatic heterocycles. The number of halogens is 1. The van der Waals surface area contributed by atoms with Crippen molar-refractivity contribution in [2.24, 2.45) is 5.92 Å². The van der Waals surface area contributed by atoms with E-state index in [-0.39, 0.29) is 0 Å². The van der Waals surface area contributed by atoms with Gasteiger partial charge in [-0.05, 0) is 57.5 Å². The summed E-state index contributed by atoms with van der Waals surface area (Å²) in [4.78, 5) is 2.53. The highest BCUT2D eigenvalue weighted by molar-refractivity contribution is 6.31. The maximum atomic E-state index is 6.30. The summed E-state index contributed by atoms with van der Waals surface area (Å²) < 4.78 is 2.07. The van der Waals surface area contributed by atoms with E-state index in [4.69, 9.17) is 16.7 Å². The van der Waals surface area contributed by atoms with Gasteiger partial charge >= 0.3 is 0 Å². The van der Waals surface area contributed by atoms with Crippen LogP contribution in [0, 0.1) is 19.8 Å². The minimum Gasteiger partial charge on any atom is -0.312 e. The molecule has 5 heteroatoms. The van der Waals surface area contributed by atoms with Gasteiger partial charge in [-0.1, -0.05) is 36.7 Å². The molecule has 0 radical (unpaired) electrons. The second kappa shape index (κ2) is 8.35. The van der Waals surface area contributed by atoms with E-state index in [1.54, 1.807) is 0 Å². The van der Waals surface area contributed by atoms with Crippen LogP contribution in [-0.2, 0) is 13.1 Å². The average molecular weight is 361 g/mol. The molecule has 1 fully saturated rings. The highest BCUT2D eigenvalue weighted by Gasteiger charge is 2.21. The lowest BCUT2D eigenvalue weighted by Crippen LogP contribution is -2.26. The van der Waals surface area contributed by atoms with Crippen LogP contribution in [0.1, 0.15) is 35.9 Å². The molecule has 0 amide bonds. The van der Waals surface area contributed by atoms with Crippen molar-refractivity contribution in [3.63, 3.8) is 0 Å². The van der Waals surface area contributed by atoms with Gasteiger partial charge in [-0.25, -0.2) is 0 Å². The van der Waals surface area contributed by atoms with E-state index in [0.717, 1.165) is 41.8 Å². The third kappa shape index (κ3) is 4.43. The molecule has 1 aliphatic rings. The first-order valence-electron chi connectivity index (χ1n) is 9.27. The van der Waals surface area contributed by atoms with Crippen LogP contribution in [0.3, 0.4) is 0 Å². The second-order valence-corrected chi connectivity index (χ2v) is 7.48. The number of aromatic nitrogens is 2. The first-order chi connectivity index (χ1) is 12.1. The van der Waals surface area contributed by atoms with Crippen molar-refractivity contribution < 1.29 is 0 Å². The molecule has 0 spiro atoms. The minimum absolute atomic E-state index is 0.723. The Kier molecular flexibility index (Phi) is 6.15.